The van der Waals surface area contributed by atoms with E-state index in [0.717, 1.165) is 36.4 Å². The van der Waals surface area contributed by atoms with Crippen LogP contribution < -0.4 is 15.4 Å². The number of hydrogen-bond donors (Lipinski definition) is 2. The smallest absolute Gasteiger partial charge is 0.255 e. The molecule has 2 aromatic carbocycles. The summed E-state index contributed by atoms with van der Waals surface area (Å²) in [6, 6.07) is 15.9. The Morgan fingerprint density at radius 3 is 2.68 bits per heavy atom. The van der Waals surface area contributed by atoms with Crippen LogP contribution in [0.25, 0.3) is 0 Å². The van der Waals surface area contributed by atoms with Gasteiger partial charge in [-0.05, 0) is 55.0 Å². The molecule has 1 aliphatic carbocycles. The lowest BCUT2D eigenvalue weighted by atomic mass is 9.88. The summed E-state index contributed by atoms with van der Waals surface area (Å²) < 4.78 is 6.24. The first-order valence-corrected chi connectivity index (χ1v) is 10.9. The van der Waals surface area contributed by atoms with Gasteiger partial charge in [-0.15, -0.1) is 0 Å². The molecule has 2 aliphatic heterocycles. The van der Waals surface area contributed by atoms with Gasteiger partial charge >= 0.3 is 0 Å². The van der Waals surface area contributed by atoms with Gasteiger partial charge in [0.1, 0.15) is 17.9 Å². The maximum atomic E-state index is 12.9. The number of piperidine rings is 1. The molecular formula is C25H27N3O3. The van der Waals surface area contributed by atoms with Gasteiger partial charge in [0.2, 0.25) is 5.91 Å². The van der Waals surface area contributed by atoms with Gasteiger partial charge in [0.25, 0.3) is 5.91 Å². The molecule has 0 radical (unpaired) electrons. The molecule has 5 rings (SSSR count). The minimum Gasteiger partial charge on any atom is -0.489 e. The number of fused-ring (bicyclic) bond motifs is 1. The second-order valence-corrected chi connectivity index (χ2v) is 8.61. The number of nitrogens with one attached hydrogen (secondary N) is 2. The number of ether oxygens (including phenoxy) is 1. The van der Waals surface area contributed by atoms with E-state index < -0.39 is 6.04 Å². The molecule has 31 heavy (non-hydrogen) atoms. The van der Waals surface area contributed by atoms with E-state index in [2.05, 4.69) is 29.3 Å². The highest BCUT2D eigenvalue weighted by Gasteiger charge is 2.38. The minimum atomic E-state index is -0.437. The van der Waals surface area contributed by atoms with Crippen LogP contribution >= 0.6 is 0 Å². The maximum Gasteiger partial charge on any atom is 0.255 e. The van der Waals surface area contributed by atoms with Crippen molar-refractivity contribution in [1.29, 1.82) is 0 Å². The van der Waals surface area contributed by atoms with Gasteiger partial charge in [0.05, 0.1) is 0 Å². The topological polar surface area (TPSA) is 70.7 Å². The van der Waals surface area contributed by atoms with E-state index in [4.69, 9.17) is 4.74 Å². The zero-order valence-electron chi connectivity index (χ0n) is 17.5. The van der Waals surface area contributed by atoms with Crippen LogP contribution in [0.2, 0.25) is 0 Å². The van der Waals surface area contributed by atoms with Crippen LogP contribution in [0.4, 0.5) is 0 Å². The third kappa shape index (κ3) is 3.95. The summed E-state index contributed by atoms with van der Waals surface area (Å²) in [6.45, 7) is 5.09. The monoisotopic (exact) mass is 417 g/mol. The van der Waals surface area contributed by atoms with Crippen molar-refractivity contribution < 1.29 is 14.3 Å². The first kappa shape index (κ1) is 19.8. The van der Waals surface area contributed by atoms with E-state index in [1.807, 2.05) is 36.4 Å². The van der Waals surface area contributed by atoms with E-state index in [9.17, 15) is 9.59 Å². The van der Waals surface area contributed by atoms with Crippen LogP contribution in [0.3, 0.4) is 0 Å². The summed E-state index contributed by atoms with van der Waals surface area (Å²) in [4.78, 5) is 26.9. The fourth-order valence-corrected chi connectivity index (χ4v) is 4.57. The zero-order chi connectivity index (χ0) is 21.4. The molecule has 0 spiro atoms. The summed E-state index contributed by atoms with van der Waals surface area (Å²) in [7, 11) is 0. The maximum absolute atomic E-state index is 12.9. The lowest BCUT2D eigenvalue weighted by Crippen LogP contribution is -2.50. The van der Waals surface area contributed by atoms with Crippen molar-refractivity contribution in [2.45, 2.75) is 57.0 Å². The molecule has 6 heteroatoms. The van der Waals surface area contributed by atoms with E-state index in [1.54, 1.807) is 4.90 Å². The zero-order valence-corrected chi connectivity index (χ0v) is 17.5. The largest absolute Gasteiger partial charge is 0.489 e. The Morgan fingerprint density at radius 2 is 1.94 bits per heavy atom. The second kappa shape index (κ2) is 8.19. The van der Waals surface area contributed by atoms with Crippen LogP contribution in [0.15, 0.2) is 60.8 Å². The molecule has 3 atom stereocenters. The SMILES string of the molecule is C=C1CCC(N2Cc3cc(O[C@@H]4CC[C@@H]4NCc4ccccc4)ccc3C2=O)C(=O)N1. The Labute approximate surface area is 182 Å². The molecule has 2 amide bonds. The van der Waals surface area contributed by atoms with Gasteiger partial charge in [-0.3, -0.25) is 9.59 Å². The van der Waals surface area contributed by atoms with Crippen molar-refractivity contribution in [3.8, 4) is 5.75 Å². The predicted octanol–water partition coefficient (Wildman–Crippen LogP) is 3.13. The molecule has 2 fully saturated rings. The van der Waals surface area contributed by atoms with Gasteiger partial charge in [-0.2, -0.15) is 0 Å². The fourth-order valence-electron chi connectivity index (χ4n) is 4.57. The highest BCUT2D eigenvalue weighted by atomic mass is 16.5. The summed E-state index contributed by atoms with van der Waals surface area (Å²) in [5, 5.41) is 6.36. The Hall–Kier alpha value is -3.12. The van der Waals surface area contributed by atoms with Gasteiger partial charge in [0, 0.05) is 30.4 Å². The molecule has 160 valence electrons. The first-order valence-electron chi connectivity index (χ1n) is 10.9. The third-order valence-electron chi connectivity index (χ3n) is 6.52. The predicted molar refractivity (Wildman–Crippen MR) is 117 cm³/mol. The van der Waals surface area contributed by atoms with Crippen LogP contribution in [0.5, 0.6) is 5.75 Å². The molecule has 3 aliphatic rings. The normalized spacial score (nSPS) is 25.1. The minimum absolute atomic E-state index is 0.0831. The van der Waals surface area contributed by atoms with Crippen molar-refractivity contribution in [3.63, 3.8) is 0 Å². The third-order valence-corrected chi connectivity index (χ3v) is 6.52. The molecule has 0 bridgehead atoms. The van der Waals surface area contributed by atoms with E-state index in [1.165, 1.54) is 5.56 Å². The number of benzene rings is 2. The molecular weight excluding hydrogens is 390 g/mol. The summed E-state index contributed by atoms with van der Waals surface area (Å²) in [5.74, 6) is 0.557. The molecule has 2 aromatic rings. The van der Waals surface area contributed by atoms with Crippen LogP contribution in [-0.2, 0) is 17.9 Å². The Balaban J connectivity index is 1.21. The van der Waals surface area contributed by atoms with Crippen molar-refractivity contribution >= 4 is 11.8 Å². The number of carbonyl (C=O) groups is 2. The Morgan fingerprint density at radius 1 is 1.10 bits per heavy atom. The van der Waals surface area contributed by atoms with Gasteiger partial charge in [-0.25, -0.2) is 0 Å². The fraction of sp³-hybridized carbons (Fsp3) is 0.360. The van der Waals surface area contributed by atoms with Crippen LogP contribution in [0, 0.1) is 0 Å². The average molecular weight is 418 g/mol. The number of amides is 2. The lowest BCUT2D eigenvalue weighted by Gasteiger charge is -2.37. The van der Waals surface area contributed by atoms with E-state index >= 15 is 0 Å². The first-order chi connectivity index (χ1) is 15.1. The Bertz CT molecular complexity index is 1020. The average Bonchev–Trinajstić information content (AvgIpc) is 3.08. The standard InChI is InChI=1S/C25H27N3O3/c1-16-7-11-22(24(29)27-16)28-15-18-13-19(8-9-20(18)25(28)30)31-23-12-10-21(23)26-14-17-5-3-2-4-6-17/h2-6,8-9,13,21-23,26H,1,7,10-12,14-15H2,(H,27,29)/t21-,22?,23+/m0/s1. The highest BCUT2D eigenvalue weighted by molar-refractivity contribution is 6.01. The van der Waals surface area contributed by atoms with Crippen molar-refractivity contribution in [2.75, 3.05) is 0 Å². The number of nitrogens with zero attached hydrogens (tertiary/aromatic N) is 1. The summed E-state index contributed by atoms with van der Waals surface area (Å²) in [6.07, 6.45) is 3.55. The molecule has 0 aromatic heterocycles. The Kier molecular flexibility index (Phi) is 5.24. The second-order valence-electron chi connectivity index (χ2n) is 8.61. The van der Waals surface area contributed by atoms with E-state index in [-0.39, 0.29) is 17.9 Å². The molecule has 2 N–H and O–H groups in total. The van der Waals surface area contributed by atoms with Crippen LogP contribution in [0.1, 0.15) is 47.2 Å². The summed E-state index contributed by atoms with van der Waals surface area (Å²) in [5.41, 5.74) is 3.57. The molecule has 1 unspecified atom stereocenters. The number of rotatable bonds is 6. The molecule has 1 saturated carbocycles. The van der Waals surface area contributed by atoms with Gasteiger partial charge < -0.3 is 20.3 Å². The molecule has 6 nitrogen and oxygen atoms in total. The van der Waals surface area contributed by atoms with Crippen molar-refractivity contribution in [1.82, 2.24) is 15.5 Å². The number of hydrogen-bond acceptors (Lipinski definition) is 4. The van der Waals surface area contributed by atoms with Gasteiger partial charge in [0.15, 0.2) is 0 Å². The number of allylic oxidation sites excluding steroid dienone is 1. The summed E-state index contributed by atoms with van der Waals surface area (Å²) >= 11 is 0. The molecule has 2 heterocycles. The molecule has 1 saturated heterocycles. The number of carbonyl (C=O) groups excluding carboxylic acids is 2. The van der Waals surface area contributed by atoms with E-state index in [0.29, 0.717) is 31.0 Å². The van der Waals surface area contributed by atoms with Crippen molar-refractivity contribution in [3.05, 3.63) is 77.5 Å². The van der Waals surface area contributed by atoms with Gasteiger partial charge in [-0.1, -0.05) is 36.9 Å². The van der Waals surface area contributed by atoms with Crippen LogP contribution in [-0.4, -0.2) is 34.9 Å². The lowest BCUT2D eigenvalue weighted by molar-refractivity contribution is -0.126. The highest BCUT2D eigenvalue weighted by Crippen LogP contribution is 2.33. The quantitative estimate of drug-likeness (QED) is 0.758. The van der Waals surface area contributed by atoms with Crippen molar-refractivity contribution in [2.24, 2.45) is 0 Å².